The highest BCUT2D eigenvalue weighted by atomic mass is 31.2. The van der Waals surface area contributed by atoms with Gasteiger partial charge in [0.1, 0.15) is 18.2 Å². The number of hydrogen-bond acceptors (Lipinski definition) is 8. The van der Waals surface area contributed by atoms with Gasteiger partial charge in [0, 0.05) is 19.6 Å². The molecule has 0 aliphatic rings. The Morgan fingerprint density at radius 3 is 2.07 bits per heavy atom. The molecule has 0 saturated heterocycles. The van der Waals surface area contributed by atoms with Crippen molar-refractivity contribution < 1.29 is 36.6 Å². The third kappa shape index (κ3) is 16.7. The van der Waals surface area contributed by atoms with Gasteiger partial charge in [0.25, 0.3) is 0 Å². The molecule has 0 aromatic carbocycles. The Labute approximate surface area is 247 Å². The standard InChI is InChI=1S/C28H49F3N5O5P/c1-24(20-36-22-35-25-26(32)33-21-34-27(25)36)40-23-42(37,38)41-19-15-18-39-17-14-12-10-8-6-4-2-3-5-7-9-11-13-16-28(29,30)31/h21-22,24H,2-20,23H2,1H3,(H,37,38)(H2,32,33,34). The van der Waals surface area contributed by atoms with Crippen molar-refractivity contribution >= 4 is 24.6 Å². The van der Waals surface area contributed by atoms with Gasteiger partial charge in [0.05, 0.1) is 25.6 Å². The van der Waals surface area contributed by atoms with Crippen molar-refractivity contribution in [3.8, 4) is 0 Å². The summed E-state index contributed by atoms with van der Waals surface area (Å²) < 4.78 is 66.6. The van der Waals surface area contributed by atoms with Crippen LogP contribution in [0.15, 0.2) is 12.7 Å². The van der Waals surface area contributed by atoms with Crippen LogP contribution in [-0.4, -0.2) is 62.9 Å². The van der Waals surface area contributed by atoms with E-state index < -0.39 is 26.5 Å². The number of alkyl halides is 3. The van der Waals surface area contributed by atoms with E-state index in [9.17, 15) is 22.6 Å². The largest absolute Gasteiger partial charge is 0.389 e. The lowest BCUT2D eigenvalue weighted by Gasteiger charge is -2.17. The minimum atomic E-state index is -4.01. The van der Waals surface area contributed by atoms with E-state index in [1.807, 2.05) is 0 Å². The molecule has 0 radical (unpaired) electrons. The Morgan fingerprint density at radius 2 is 1.45 bits per heavy atom. The first kappa shape index (κ1) is 36.4. The number of ether oxygens (including phenoxy) is 2. The Bertz CT molecular complexity index is 1040. The molecule has 0 fully saturated rings. The molecule has 10 nitrogen and oxygen atoms in total. The van der Waals surface area contributed by atoms with Crippen molar-refractivity contribution in [2.24, 2.45) is 0 Å². The smallest absolute Gasteiger partial charge is 0.382 e. The van der Waals surface area contributed by atoms with E-state index in [1.54, 1.807) is 17.8 Å². The molecule has 0 saturated carbocycles. The number of nitrogens with two attached hydrogens (primary N) is 1. The van der Waals surface area contributed by atoms with Crippen molar-refractivity contribution in [3.05, 3.63) is 12.7 Å². The zero-order chi connectivity index (χ0) is 30.7. The lowest BCUT2D eigenvalue weighted by molar-refractivity contribution is -0.135. The molecule has 0 spiro atoms. The van der Waals surface area contributed by atoms with Crippen molar-refractivity contribution in [3.63, 3.8) is 0 Å². The third-order valence-corrected chi connectivity index (χ3v) is 7.94. The number of fused-ring (bicyclic) bond motifs is 1. The molecular formula is C28H49F3N5O5P. The summed E-state index contributed by atoms with van der Waals surface area (Å²) in [7, 11) is -3.87. The fourth-order valence-corrected chi connectivity index (χ4v) is 5.50. The fraction of sp³-hybridized carbons (Fsp3) is 0.821. The molecule has 242 valence electrons. The van der Waals surface area contributed by atoms with Crippen molar-refractivity contribution in [1.82, 2.24) is 19.5 Å². The van der Waals surface area contributed by atoms with Crippen LogP contribution in [0.4, 0.5) is 19.0 Å². The van der Waals surface area contributed by atoms with Gasteiger partial charge in [-0.15, -0.1) is 0 Å². The van der Waals surface area contributed by atoms with E-state index in [4.69, 9.17) is 19.7 Å². The summed E-state index contributed by atoms with van der Waals surface area (Å²) in [5.74, 6) is 0.290. The molecule has 2 aromatic heterocycles. The van der Waals surface area contributed by atoms with E-state index >= 15 is 0 Å². The van der Waals surface area contributed by atoms with Crippen LogP contribution in [0.2, 0.25) is 0 Å². The van der Waals surface area contributed by atoms with Crippen LogP contribution in [0.5, 0.6) is 0 Å². The number of aromatic nitrogens is 4. The Kier molecular flexibility index (Phi) is 17.5. The first-order valence-electron chi connectivity index (χ1n) is 15.2. The van der Waals surface area contributed by atoms with E-state index in [-0.39, 0.29) is 19.1 Å². The Hall–Kier alpha value is -1.79. The number of nitrogen functional groups attached to an aromatic ring is 1. The third-order valence-electron chi connectivity index (χ3n) is 6.88. The van der Waals surface area contributed by atoms with Crippen LogP contribution in [0, 0.1) is 0 Å². The maximum absolute atomic E-state index is 12.3. The molecule has 14 heteroatoms. The Balaban J connectivity index is 1.35. The van der Waals surface area contributed by atoms with Crippen LogP contribution in [0.1, 0.15) is 103 Å². The summed E-state index contributed by atoms with van der Waals surface area (Å²) >= 11 is 0. The van der Waals surface area contributed by atoms with Crippen LogP contribution in [0.25, 0.3) is 11.2 Å². The SMILES string of the molecule is CC(Cn1cnc2c(N)ncnc21)OCP(=O)(O)OCCCOCCCCCCCCCCCCCCCC(F)(F)F. The van der Waals surface area contributed by atoms with Crippen LogP contribution in [0.3, 0.4) is 0 Å². The average molecular weight is 624 g/mol. The highest BCUT2D eigenvalue weighted by molar-refractivity contribution is 7.52. The molecule has 3 N–H and O–H groups in total. The van der Waals surface area contributed by atoms with Crippen molar-refractivity contribution in [2.75, 3.05) is 31.9 Å². The molecule has 0 aliphatic carbocycles. The Morgan fingerprint density at radius 1 is 0.881 bits per heavy atom. The fourth-order valence-electron chi connectivity index (χ4n) is 4.57. The van der Waals surface area contributed by atoms with Crippen molar-refractivity contribution in [1.29, 1.82) is 0 Å². The quantitative estimate of drug-likeness (QED) is 0.0856. The summed E-state index contributed by atoms with van der Waals surface area (Å²) in [6.07, 6.45) is 11.3. The van der Waals surface area contributed by atoms with Gasteiger partial charge in [-0.25, -0.2) is 15.0 Å². The molecule has 0 amide bonds. The number of imidazole rings is 1. The molecule has 2 aromatic rings. The number of nitrogens with zero attached hydrogens (tertiary/aromatic N) is 4. The first-order chi connectivity index (χ1) is 20.1. The molecule has 0 bridgehead atoms. The zero-order valence-corrected chi connectivity index (χ0v) is 25.8. The summed E-state index contributed by atoms with van der Waals surface area (Å²) in [5.41, 5.74) is 6.87. The molecule has 2 atom stereocenters. The number of halogens is 3. The van der Waals surface area contributed by atoms with Crippen molar-refractivity contribution in [2.45, 2.75) is 122 Å². The van der Waals surface area contributed by atoms with Gasteiger partial charge in [-0.2, -0.15) is 13.2 Å². The van der Waals surface area contributed by atoms with Gasteiger partial charge in [-0.1, -0.05) is 70.6 Å². The summed E-state index contributed by atoms with van der Waals surface area (Å²) in [5, 5.41) is 0. The van der Waals surface area contributed by atoms with Gasteiger partial charge in [-0.05, 0) is 26.2 Å². The average Bonchev–Trinajstić information content (AvgIpc) is 3.34. The van der Waals surface area contributed by atoms with Gasteiger partial charge in [0.2, 0.25) is 0 Å². The lowest BCUT2D eigenvalue weighted by Crippen LogP contribution is -2.17. The maximum atomic E-state index is 12.3. The lowest BCUT2D eigenvalue weighted by atomic mass is 10.0. The molecule has 2 heterocycles. The first-order valence-corrected chi connectivity index (χ1v) is 17.0. The predicted molar refractivity (Wildman–Crippen MR) is 157 cm³/mol. The second-order valence-electron chi connectivity index (χ2n) is 10.8. The molecule has 2 unspecified atom stereocenters. The topological polar surface area (TPSA) is 135 Å². The summed E-state index contributed by atoms with van der Waals surface area (Å²) in [4.78, 5) is 22.3. The number of unbranched alkanes of at least 4 members (excludes halogenated alkanes) is 12. The second kappa shape index (κ2) is 20.2. The van der Waals surface area contributed by atoms with Gasteiger partial charge in [0.15, 0.2) is 11.5 Å². The van der Waals surface area contributed by atoms with Gasteiger partial charge >= 0.3 is 13.8 Å². The van der Waals surface area contributed by atoms with E-state index in [1.165, 1.54) is 44.9 Å². The summed E-state index contributed by atoms with van der Waals surface area (Å²) in [6.45, 7) is 3.41. The van der Waals surface area contributed by atoms with E-state index in [2.05, 4.69) is 15.0 Å². The normalized spacial score (nSPS) is 14.4. The van der Waals surface area contributed by atoms with E-state index in [0.717, 1.165) is 32.1 Å². The van der Waals surface area contributed by atoms with Gasteiger partial charge < -0.3 is 29.2 Å². The van der Waals surface area contributed by atoms with E-state index in [0.29, 0.717) is 49.6 Å². The molecule has 42 heavy (non-hydrogen) atoms. The van der Waals surface area contributed by atoms with Crippen LogP contribution in [-0.2, 0) is 25.1 Å². The monoisotopic (exact) mass is 623 g/mol. The predicted octanol–water partition coefficient (Wildman–Crippen LogP) is 7.40. The number of hydrogen-bond donors (Lipinski definition) is 2. The van der Waals surface area contributed by atoms with Crippen LogP contribution >= 0.6 is 7.60 Å². The minimum Gasteiger partial charge on any atom is -0.382 e. The summed E-state index contributed by atoms with van der Waals surface area (Å²) in [6, 6.07) is 0. The molecular weight excluding hydrogens is 574 g/mol. The highest BCUT2D eigenvalue weighted by Crippen LogP contribution is 2.42. The second-order valence-corrected chi connectivity index (χ2v) is 12.6. The zero-order valence-electron chi connectivity index (χ0n) is 24.9. The molecule has 2 rings (SSSR count). The highest BCUT2D eigenvalue weighted by Gasteiger charge is 2.25. The molecule has 0 aliphatic heterocycles. The minimum absolute atomic E-state index is 0.117. The maximum Gasteiger partial charge on any atom is 0.389 e. The van der Waals surface area contributed by atoms with Crippen LogP contribution < -0.4 is 5.73 Å². The van der Waals surface area contributed by atoms with Gasteiger partial charge in [-0.3, -0.25) is 4.57 Å². The number of anilines is 1. The number of rotatable bonds is 25.